The Morgan fingerprint density at radius 3 is 2.62 bits per heavy atom. The number of aliphatic hydroxyl groups excluding tert-OH is 1. The fraction of sp³-hybridized carbons (Fsp3) is 0.538. The average molecular weight is 239 g/mol. The Hall–Kier alpha value is -0.510. The van der Waals surface area contributed by atoms with Crippen LogP contribution in [0.25, 0.3) is 0 Å². The van der Waals surface area contributed by atoms with Gasteiger partial charge in [-0.05, 0) is 44.7 Å². The second-order valence-corrected chi connectivity index (χ2v) is 5.24. The molecular weight excluding hydrogens is 218 g/mol. The van der Waals surface area contributed by atoms with Gasteiger partial charge in [-0.15, -0.1) is 11.8 Å². The summed E-state index contributed by atoms with van der Waals surface area (Å²) < 4.78 is 0. The molecule has 0 aliphatic rings. The number of aliphatic hydroxyl groups is 1. The molecule has 0 saturated carbocycles. The lowest BCUT2D eigenvalue weighted by Crippen LogP contribution is -2.25. The van der Waals surface area contributed by atoms with Gasteiger partial charge in [-0.3, -0.25) is 0 Å². The van der Waals surface area contributed by atoms with Crippen molar-refractivity contribution in [2.24, 2.45) is 0 Å². The third-order valence-electron chi connectivity index (χ3n) is 2.23. The predicted molar refractivity (Wildman–Crippen MR) is 71.1 cm³/mol. The largest absolute Gasteiger partial charge is 0.392 e. The Morgan fingerprint density at radius 2 is 2.00 bits per heavy atom. The summed E-state index contributed by atoms with van der Waals surface area (Å²) in [4.78, 5) is 1.33. The van der Waals surface area contributed by atoms with Crippen LogP contribution < -0.4 is 5.32 Å². The zero-order valence-corrected chi connectivity index (χ0v) is 10.9. The first-order valence-corrected chi connectivity index (χ1v) is 6.75. The molecule has 0 fully saturated rings. The molecule has 1 rings (SSSR count). The Kier molecular flexibility index (Phi) is 6.53. The lowest BCUT2D eigenvalue weighted by atomic mass is 10.2. The zero-order valence-electron chi connectivity index (χ0n) is 10.1. The van der Waals surface area contributed by atoms with E-state index in [9.17, 15) is 0 Å². The fourth-order valence-corrected chi connectivity index (χ4v) is 2.19. The van der Waals surface area contributed by atoms with E-state index in [4.69, 9.17) is 5.11 Å². The quantitative estimate of drug-likeness (QED) is 0.566. The van der Waals surface area contributed by atoms with Gasteiger partial charge in [0.1, 0.15) is 0 Å². The minimum absolute atomic E-state index is 0.246. The van der Waals surface area contributed by atoms with Gasteiger partial charge in [-0.2, -0.15) is 0 Å². The Labute approximate surface area is 102 Å². The van der Waals surface area contributed by atoms with Crippen LogP contribution in [0.15, 0.2) is 29.2 Å². The van der Waals surface area contributed by atoms with Crippen molar-refractivity contribution in [1.82, 2.24) is 5.32 Å². The van der Waals surface area contributed by atoms with Gasteiger partial charge in [0.15, 0.2) is 0 Å². The maximum Gasteiger partial charge on any atom is 0.0636 e. The highest BCUT2D eigenvalue weighted by Gasteiger charge is 1.95. The molecule has 0 aliphatic heterocycles. The minimum atomic E-state index is -0.246. The van der Waals surface area contributed by atoms with E-state index in [1.165, 1.54) is 10.5 Å². The van der Waals surface area contributed by atoms with Gasteiger partial charge in [0.05, 0.1) is 6.10 Å². The predicted octanol–water partition coefficient (Wildman–Crippen LogP) is 2.45. The number of hydrogen-bond acceptors (Lipinski definition) is 3. The molecule has 90 valence electrons. The molecule has 0 radical (unpaired) electrons. The Morgan fingerprint density at radius 1 is 1.31 bits per heavy atom. The second-order valence-electron chi connectivity index (χ2n) is 4.07. The van der Waals surface area contributed by atoms with Gasteiger partial charge in [-0.25, -0.2) is 0 Å². The van der Waals surface area contributed by atoms with Crippen LogP contribution in [0.5, 0.6) is 0 Å². The second kappa shape index (κ2) is 7.71. The number of benzene rings is 1. The summed E-state index contributed by atoms with van der Waals surface area (Å²) in [5.74, 6) is 1.12. The summed E-state index contributed by atoms with van der Waals surface area (Å²) in [5.41, 5.74) is 1.31. The molecule has 0 aromatic heterocycles. The van der Waals surface area contributed by atoms with E-state index in [1.54, 1.807) is 6.92 Å². The topological polar surface area (TPSA) is 32.3 Å². The van der Waals surface area contributed by atoms with Gasteiger partial charge >= 0.3 is 0 Å². The van der Waals surface area contributed by atoms with E-state index in [1.807, 2.05) is 11.8 Å². The minimum Gasteiger partial charge on any atom is -0.392 e. The number of aryl methyl sites for hydroxylation is 1. The standard InChI is InChI=1S/C13H21NOS/c1-11-4-6-13(7-5-11)16-9-3-8-14-10-12(2)15/h4-7,12,14-15H,3,8-10H2,1-2H3/t12-/m1/s1. The molecule has 2 N–H and O–H groups in total. The molecule has 16 heavy (non-hydrogen) atoms. The highest BCUT2D eigenvalue weighted by atomic mass is 32.2. The molecule has 1 aromatic carbocycles. The third-order valence-corrected chi connectivity index (χ3v) is 3.33. The number of hydrogen-bond donors (Lipinski definition) is 2. The van der Waals surface area contributed by atoms with Crippen LogP contribution in [0.3, 0.4) is 0 Å². The van der Waals surface area contributed by atoms with Gasteiger partial charge in [0, 0.05) is 11.4 Å². The molecule has 0 unspecified atom stereocenters. The zero-order chi connectivity index (χ0) is 11.8. The van der Waals surface area contributed by atoms with Crippen molar-refractivity contribution >= 4 is 11.8 Å². The van der Waals surface area contributed by atoms with Gasteiger partial charge in [0.25, 0.3) is 0 Å². The molecule has 0 saturated heterocycles. The smallest absolute Gasteiger partial charge is 0.0636 e. The van der Waals surface area contributed by atoms with Crippen molar-refractivity contribution in [2.75, 3.05) is 18.8 Å². The number of rotatable bonds is 7. The number of nitrogens with one attached hydrogen (secondary N) is 1. The van der Waals surface area contributed by atoms with Crippen LogP contribution in [0.4, 0.5) is 0 Å². The SMILES string of the molecule is Cc1ccc(SCCCNC[C@@H](C)O)cc1. The average Bonchev–Trinajstić information content (AvgIpc) is 2.25. The summed E-state index contributed by atoms with van der Waals surface area (Å²) in [6, 6.07) is 8.63. The summed E-state index contributed by atoms with van der Waals surface area (Å²) in [7, 11) is 0. The van der Waals surface area contributed by atoms with Crippen LogP contribution >= 0.6 is 11.8 Å². The monoisotopic (exact) mass is 239 g/mol. The van der Waals surface area contributed by atoms with E-state index >= 15 is 0 Å². The van der Waals surface area contributed by atoms with E-state index in [2.05, 4.69) is 36.5 Å². The maximum absolute atomic E-state index is 9.05. The maximum atomic E-state index is 9.05. The first-order valence-electron chi connectivity index (χ1n) is 5.77. The lowest BCUT2D eigenvalue weighted by molar-refractivity contribution is 0.191. The van der Waals surface area contributed by atoms with Crippen LogP contribution in [-0.4, -0.2) is 30.1 Å². The highest BCUT2D eigenvalue weighted by molar-refractivity contribution is 7.99. The van der Waals surface area contributed by atoms with Crippen LogP contribution in [0, 0.1) is 6.92 Å². The van der Waals surface area contributed by atoms with Crippen LogP contribution in [0.2, 0.25) is 0 Å². The summed E-state index contributed by atoms with van der Waals surface area (Å²) in [6.45, 7) is 5.57. The van der Waals surface area contributed by atoms with Crippen molar-refractivity contribution in [1.29, 1.82) is 0 Å². The molecule has 0 bridgehead atoms. The lowest BCUT2D eigenvalue weighted by Gasteiger charge is -2.06. The van der Waals surface area contributed by atoms with Gasteiger partial charge < -0.3 is 10.4 Å². The van der Waals surface area contributed by atoms with E-state index in [-0.39, 0.29) is 6.10 Å². The number of thioether (sulfide) groups is 1. The van der Waals surface area contributed by atoms with Crippen molar-refractivity contribution in [3.63, 3.8) is 0 Å². The molecule has 0 amide bonds. The molecule has 2 nitrogen and oxygen atoms in total. The Bertz CT molecular complexity index is 284. The van der Waals surface area contributed by atoms with Crippen LogP contribution in [0.1, 0.15) is 18.9 Å². The van der Waals surface area contributed by atoms with Gasteiger partial charge in [-0.1, -0.05) is 17.7 Å². The molecule has 0 aliphatic carbocycles. The normalized spacial score (nSPS) is 12.7. The molecule has 1 aromatic rings. The summed E-state index contributed by atoms with van der Waals surface area (Å²) in [5, 5.41) is 12.3. The summed E-state index contributed by atoms with van der Waals surface area (Å²) >= 11 is 1.89. The first kappa shape index (κ1) is 13.6. The van der Waals surface area contributed by atoms with Crippen molar-refractivity contribution < 1.29 is 5.11 Å². The van der Waals surface area contributed by atoms with E-state index < -0.39 is 0 Å². The first-order chi connectivity index (χ1) is 7.68. The molecule has 3 heteroatoms. The summed E-state index contributed by atoms with van der Waals surface area (Å²) in [6.07, 6.45) is 0.885. The molecule has 1 atom stereocenters. The molecular formula is C13H21NOS. The van der Waals surface area contributed by atoms with E-state index in [0.29, 0.717) is 6.54 Å². The molecule has 0 heterocycles. The van der Waals surface area contributed by atoms with Crippen molar-refractivity contribution in [3.8, 4) is 0 Å². The fourth-order valence-electron chi connectivity index (χ4n) is 1.33. The van der Waals surface area contributed by atoms with Crippen molar-refractivity contribution in [3.05, 3.63) is 29.8 Å². The van der Waals surface area contributed by atoms with Gasteiger partial charge in [0.2, 0.25) is 0 Å². The Balaban J connectivity index is 2.05. The molecule has 0 spiro atoms. The highest BCUT2D eigenvalue weighted by Crippen LogP contribution is 2.18. The van der Waals surface area contributed by atoms with Crippen LogP contribution in [-0.2, 0) is 0 Å². The van der Waals surface area contributed by atoms with E-state index in [0.717, 1.165) is 18.7 Å². The third kappa shape index (κ3) is 6.16. The van der Waals surface area contributed by atoms with Crippen molar-refractivity contribution in [2.45, 2.75) is 31.3 Å².